The van der Waals surface area contributed by atoms with Crippen molar-refractivity contribution >= 4 is 108 Å². The van der Waals surface area contributed by atoms with Crippen LogP contribution >= 0.6 is 0 Å². The number of hydrogen-bond acceptors (Lipinski definition) is 0. The van der Waals surface area contributed by atoms with Crippen LogP contribution in [0.3, 0.4) is 0 Å². The molecular weight excluding hydrogens is 480 g/mol. The number of hydrogen-bond donors (Lipinski definition) is 0. The average molecular weight is 501 g/mol. The van der Waals surface area contributed by atoms with Gasteiger partial charge in [0, 0.05) is 0 Å². The second-order valence-electron chi connectivity index (χ2n) is 11.5. The average Bonchev–Trinajstić information content (AvgIpc) is 3.71. The lowest BCUT2D eigenvalue weighted by Gasteiger charge is -2.06. The van der Waals surface area contributed by atoms with Gasteiger partial charge in [0.1, 0.15) is 0 Å². The van der Waals surface area contributed by atoms with E-state index in [-0.39, 0.29) is 0 Å². The predicted octanol–water partition coefficient (Wildman–Crippen LogP) is 11.5. The standard InChI is InChI=1S/C40H20/c1-5-13-25-21(9-1)29-17-18-30-23-11-3-7-15-27(23)35-36-28-16-8-4-12-24(28)32-20-19-31-22-10-2-6-14-26(22)34(39(31)40(32)36)33(25)37(29)38(30)35/h1-20H. The van der Waals surface area contributed by atoms with Crippen LogP contribution in [0, 0.1) is 0 Å². The molecule has 40 heavy (non-hydrogen) atoms. The van der Waals surface area contributed by atoms with Crippen LogP contribution in [-0.2, 0) is 0 Å². The van der Waals surface area contributed by atoms with Gasteiger partial charge in [-0.1, -0.05) is 121 Å². The highest BCUT2D eigenvalue weighted by Crippen LogP contribution is 2.55. The van der Waals surface area contributed by atoms with Crippen LogP contribution in [0.15, 0.2) is 121 Å². The predicted molar refractivity (Wildman–Crippen MR) is 175 cm³/mol. The minimum Gasteiger partial charge on any atom is -0.0616 e. The summed E-state index contributed by atoms with van der Waals surface area (Å²) in [4.78, 5) is 0. The summed E-state index contributed by atoms with van der Waals surface area (Å²) in [5.74, 6) is 0. The smallest absolute Gasteiger partial charge is 0.000718 e. The molecule has 0 fully saturated rings. The van der Waals surface area contributed by atoms with Crippen LogP contribution < -0.4 is 0 Å². The molecule has 0 unspecified atom stereocenters. The molecule has 0 aromatic heterocycles. The zero-order valence-electron chi connectivity index (χ0n) is 21.5. The summed E-state index contributed by atoms with van der Waals surface area (Å²) < 4.78 is 0. The van der Waals surface area contributed by atoms with Gasteiger partial charge in [-0.2, -0.15) is 0 Å². The molecule has 0 nitrogen and oxygen atoms in total. The quantitative estimate of drug-likeness (QED) is 0.194. The Morgan fingerprint density at radius 1 is 0.150 bits per heavy atom. The van der Waals surface area contributed by atoms with Crippen molar-refractivity contribution in [3.05, 3.63) is 121 Å². The van der Waals surface area contributed by atoms with E-state index >= 15 is 0 Å². The second-order valence-corrected chi connectivity index (χ2v) is 11.5. The SMILES string of the molecule is c1ccc2c(c1)c1ccc3c4ccccc4c4c5c6ccccc6c6ccc7c8ccccc8c(c2c1c34)c7c65. The molecule has 180 valence electrons. The summed E-state index contributed by atoms with van der Waals surface area (Å²) >= 11 is 0. The van der Waals surface area contributed by atoms with E-state index in [1.807, 2.05) is 0 Å². The highest BCUT2D eigenvalue weighted by atomic mass is 14.3. The van der Waals surface area contributed by atoms with Gasteiger partial charge < -0.3 is 0 Å². The van der Waals surface area contributed by atoms with Gasteiger partial charge in [-0.3, -0.25) is 0 Å². The number of fused-ring (bicyclic) bond motifs is 14. The van der Waals surface area contributed by atoms with Gasteiger partial charge >= 0.3 is 0 Å². The molecule has 0 aliphatic heterocycles. The van der Waals surface area contributed by atoms with Crippen LogP contribution in [0.25, 0.3) is 108 Å². The first kappa shape index (κ1) is 19.8. The lowest BCUT2D eigenvalue weighted by molar-refractivity contribution is 1.85. The fourth-order valence-corrected chi connectivity index (χ4v) is 8.46. The van der Waals surface area contributed by atoms with Crippen molar-refractivity contribution in [3.63, 3.8) is 0 Å². The summed E-state index contributed by atoms with van der Waals surface area (Å²) in [5, 5.41) is 27.5. The van der Waals surface area contributed by atoms with Crippen molar-refractivity contribution in [2.24, 2.45) is 0 Å². The molecule has 0 amide bonds. The molecule has 0 saturated heterocycles. The van der Waals surface area contributed by atoms with Crippen molar-refractivity contribution in [2.45, 2.75) is 0 Å². The monoisotopic (exact) mass is 500 g/mol. The molecule has 0 bridgehead atoms. The van der Waals surface area contributed by atoms with Gasteiger partial charge in [-0.15, -0.1) is 0 Å². The third kappa shape index (κ3) is 2.00. The van der Waals surface area contributed by atoms with E-state index in [0.717, 1.165) is 0 Å². The lowest BCUT2D eigenvalue weighted by Crippen LogP contribution is -1.77. The third-order valence-electron chi connectivity index (χ3n) is 9.86. The Balaban J connectivity index is 1.72. The highest BCUT2D eigenvalue weighted by Gasteiger charge is 2.26. The summed E-state index contributed by atoms with van der Waals surface area (Å²) in [7, 11) is 0. The van der Waals surface area contributed by atoms with Crippen molar-refractivity contribution in [3.8, 4) is 0 Å². The summed E-state index contributed by atoms with van der Waals surface area (Å²) in [6.45, 7) is 0. The molecule has 0 saturated carbocycles. The topological polar surface area (TPSA) is 0 Å². The lowest BCUT2D eigenvalue weighted by atomic mass is 9.96. The number of benzene rings is 6. The fraction of sp³-hybridized carbons (Fsp3) is 0. The Hall–Kier alpha value is -5.20. The molecule has 0 heterocycles. The molecule has 0 aliphatic rings. The normalized spacial score (nSPS) is 13.0. The molecule has 0 aliphatic carbocycles. The van der Waals surface area contributed by atoms with Gasteiger partial charge in [0.25, 0.3) is 0 Å². The third-order valence-corrected chi connectivity index (χ3v) is 9.86. The molecule has 0 spiro atoms. The van der Waals surface area contributed by atoms with E-state index in [4.69, 9.17) is 0 Å². The summed E-state index contributed by atoms with van der Waals surface area (Å²) in [5.41, 5.74) is 0. The van der Waals surface area contributed by atoms with E-state index in [0.29, 0.717) is 0 Å². The van der Waals surface area contributed by atoms with Crippen molar-refractivity contribution in [1.82, 2.24) is 0 Å². The van der Waals surface area contributed by atoms with E-state index in [1.54, 1.807) is 0 Å². The second kappa shape index (κ2) is 6.50. The maximum absolute atomic E-state index is 2.38. The van der Waals surface area contributed by atoms with Crippen molar-refractivity contribution in [2.75, 3.05) is 0 Å². The first-order valence-corrected chi connectivity index (χ1v) is 14.1. The van der Waals surface area contributed by atoms with Crippen LogP contribution in [0.4, 0.5) is 0 Å². The molecule has 0 heteroatoms. The fourth-order valence-electron chi connectivity index (χ4n) is 8.46. The first-order valence-electron chi connectivity index (χ1n) is 14.1. The summed E-state index contributed by atoms with van der Waals surface area (Å²) in [6, 6.07) is 45.8. The number of rotatable bonds is 0. The van der Waals surface area contributed by atoms with Gasteiger partial charge in [-0.25, -0.2) is 0 Å². The molecule has 11 rings (SSSR count). The van der Waals surface area contributed by atoms with Gasteiger partial charge in [0.15, 0.2) is 0 Å². The minimum absolute atomic E-state index is 1.35. The van der Waals surface area contributed by atoms with E-state index in [1.165, 1.54) is 108 Å². The molecule has 0 N–H and O–H groups in total. The molecule has 11 aromatic carbocycles. The van der Waals surface area contributed by atoms with E-state index < -0.39 is 0 Å². The van der Waals surface area contributed by atoms with Gasteiger partial charge in [0.05, 0.1) is 0 Å². The van der Waals surface area contributed by atoms with Crippen LogP contribution in [-0.4, -0.2) is 0 Å². The maximum Gasteiger partial charge on any atom is -0.000718 e. The molecular formula is C40H20. The van der Waals surface area contributed by atoms with Crippen LogP contribution in [0.1, 0.15) is 0 Å². The van der Waals surface area contributed by atoms with E-state index in [9.17, 15) is 0 Å². The van der Waals surface area contributed by atoms with Gasteiger partial charge in [-0.05, 0) is 108 Å². The zero-order valence-corrected chi connectivity index (χ0v) is 21.5. The molecule has 0 atom stereocenters. The van der Waals surface area contributed by atoms with Gasteiger partial charge in [0.2, 0.25) is 0 Å². The molecule has 11 aromatic rings. The highest BCUT2D eigenvalue weighted by molar-refractivity contribution is 6.54. The molecule has 0 radical (unpaired) electrons. The van der Waals surface area contributed by atoms with Crippen LogP contribution in [0.2, 0.25) is 0 Å². The van der Waals surface area contributed by atoms with Crippen LogP contribution in [0.5, 0.6) is 0 Å². The Labute approximate surface area is 228 Å². The minimum atomic E-state index is 1.35. The largest absolute Gasteiger partial charge is 0.0616 e. The Morgan fingerprint density at radius 3 is 0.500 bits per heavy atom. The zero-order chi connectivity index (χ0) is 25.7. The van der Waals surface area contributed by atoms with Crippen molar-refractivity contribution in [1.29, 1.82) is 0 Å². The van der Waals surface area contributed by atoms with E-state index in [2.05, 4.69) is 121 Å². The van der Waals surface area contributed by atoms with Crippen molar-refractivity contribution < 1.29 is 0 Å². The Kier molecular flexibility index (Phi) is 3.22. The Morgan fingerprint density at radius 2 is 0.300 bits per heavy atom. The maximum atomic E-state index is 2.38. The first-order chi connectivity index (χ1) is 19.9. The Bertz CT molecular complexity index is 2460. The summed E-state index contributed by atoms with van der Waals surface area (Å²) in [6.07, 6.45) is 0.